The number of carbonyl (C=O) groups is 1. The summed E-state index contributed by atoms with van der Waals surface area (Å²) < 4.78 is 17.8. The number of thiophene rings is 1. The molecule has 1 aliphatic carbocycles. The molecule has 0 fully saturated rings. The average Bonchev–Trinajstić information content (AvgIpc) is 2.92. The summed E-state index contributed by atoms with van der Waals surface area (Å²) >= 11 is 1.56. The molecule has 3 nitrogen and oxygen atoms in total. The highest BCUT2D eigenvalue weighted by Gasteiger charge is 2.25. The van der Waals surface area contributed by atoms with Gasteiger partial charge < -0.3 is 4.74 Å². The lowest BCUT2D eigenvalue weighted by atomic mass is 9.95. The molecule has 0 spiro atoms. The number of nitrogens with zero attached hydrogens (tertiary/aromatic N) is 1. The summed E-state index contributed by atoms with van der Waals surface area (Å²) in [5.74, 6) is -0.607. The molecule has 5 heteroatoms. The number of methoxy groups -OCH3 is 1. The molecule has 0 radical (unpaired) electrons. The van der Waals surface area contributed by atoms with E-state index in [2.05, 4.69) is 4.99 Å². The maximum Gasteiger partial charge on any atom is 0.341 e. The molecule has 1 aliphatic rings. The third kappa shape index (κ3) is 2.95. The zero-order valence-corrected chi connectivity index (χ0v) is 13.1. The maximum absolute atomic E-state index is 12.9. The van der Waals surface area contributed by atoms with Gasteiger partial charge in [0.15, 0.2) is 0 Å². The lowest BCUT2D eigenvalue weighted by Gasteiger charge is -2.11. The van der Waals surface area contributed by atoms with Crippen LogP contribution in [0.25, 0.3) is 0 Å². The fourth-order valence-electron chi connectivity index (χ4n) is 2.64. The second kappa shape index (κ2) is 6.40. The number of fused-ring (bicyclic) bond motifs is 1. The Bertz CT molecular complexity index is 719. The Morgan fingerprint density at radius 2 is 2.00 bits per heavy atom. The molecular formula is C17H16FNO2S. The quantitative estimate of drug-likeness (QED) is 0.625. The fraction of sp³-hybridized carbons (Fsp3) is 0.294. The minimum Gasteiger partial charge on any atom is -0.465 e. The van der Waals surface area contributed by atoms with Crippen LogP contribution >= 0.6 is 11.3 Å². The highest BCUT2D eigenvalue weighted by molar-refractivity contribution is 7.16. The number of esters is 1. The molecule has 114 valence electrons. The molecule has 3 rings (SSSR count). The van der Waals surface area contributed by atoms with Crippen LogP contribution < -0.4 is 0 Å². The summed E-state index contributed by atoms with van der Waals surface area (Å²) in [5.41, 5.74) is 2.48. The standard InChI is InChI=1S/C17H16FNO2S/c1-21-17(20)15-13-4-2-3-5-14(13)22-16(15)19-10-11-6-8-12(18)9-7-11/h6-10H,2-5H2,1H3/b19-10+. The molecule has 0 N–H and O–H groups in total. The van der Waals surface area contributed by atoms with Gasteiger partial charge in [-0.05, 0) is 48.9 Å². The van der Waals surface area contributed by atoms with E-state index in [1.54, 1.807) is 29.7 Å². The van der Waals surface area contributed by atoms with Crippen molar-refractivity contribution in [2.75, 3.05) is 7.11 Å². The third-order valence-corrected chi connectivity index (χ3v) is 4.94. The predicted molar refractivity (Wildman–Crippen MR) is 86.0 cm³/mol. The molecule has 0 unspecified atom stereocenters. The van der Waals surface area contributed by atoms with E-state index >= 15 is 0 Å². The van der Waals surface area contributed by atoms with E-state index in [9.17, 15) is 9.18 Å². The largest absolute Gasteiger partial charge is 0.465 e. The molecule has 0 bridgehead atoms. The lowest BCUT2D eigenvalue weighted by Crippen LogP contribution is -2.07. The molecule has 0 atom stereocenters. The van der Waals surface area contributed by atoms with Crippen LogP contribution in [-0.2, 0) is 17.6 Å². The van der Waals surface area contributed by atoms with Crippen molar-refractivity contribution in [2.45, 2.75) is 25.7 Å². The molecule has 1 aromatic heterocycles. The Labute approximate surface area is 132 Å². The van der Waals surface area contributed by atoms with Crippen molar-refractivity contribution in [3.05, 3.63) is 51.7 Å². The van der Waals surface area contributed by atoms with Gasteiger partial charge in [0.2, 0.25) is 0 Å². The minimum absolute atomic E-state index is 0.279. The van der Waals surface area contributed by atoms with Gasteiger partial charge in [-0.3, -0.25) is 0 Å². The summed E-state index contributed by atoms with van der Waals surface area (Å²) in [6, 6.07) is 6.10. The highest BCUT2D eigenvalue weighted by atomic mass is 32.1. The monoisotopic (exact) mass is 317 g/mol. The number of carbonyl (C=O) groups excluding carboxylic acids is 1. The number of benzene rings is 1. The number of aryl methyl sites for hydroxylation is 1. The molecule has 22 heavy (non-hydrogen) atoms. The van der Waals surface area contributed by atoms with Crippen LogP contribution in [0.4, 0.5) is 9.39 Å². The first-order valence-electron chi connectivity index (χ1n) is 7.21. The van der Waals surface area contributed by atoms with E-state index in [1.807, 2.05) is 0 Å². The van der Waals surface area contributed by atoms with Crippen molar-refractivity contribution < 1.29 is 13.9 Å². The highest BCUT2D eigenvalue weighted by Crippen LogP contribution is 2.40. The van der Waals surface area contributed by atoms with Crippen LogP contribution in [0.15, 0.2) is 29.3 Å². The van der Waals surface area contributed by atoms with E-state index in [-0.39, 0.29) is 11.8 Å². The van der Waals surface area contributed by atoms with E-state index in [0.717, 1.165) is 36.8 Å². The first-order chi connectivity index (χ1) is 10.7. The Morgan fingerprint density at radius 3 is 2.73 bits per heavy atom. The smallest absolute Gasteiger partial charge is 0.341 e. The third-order valence-electron chi connectivity index (χ3n) is 3.74. The van der Waals surface area contributed by atoms with E-state index in [1.165, 1.54) is 24.1 Å². The van der Waals surface area contributed by atoms with E-state index in [4.69, 9.17) is 4.74 Å². The van der Waals surface area contributed by atoms with E-state index < -0.39 is 0 Å². The average molecular weight is 317 g/mol. The van der Waals surface area contributed by atoms with Crippen LogP contribution in [0, 0.1) is 5.82 Å². The van der Waals surface area contributed by atoms with Crippen molar-refractivity contribution in [2.24, 2.45) is 4.99 Å². The SMILES string of the molecule is COC(=O)c1c(/N=C/c2ccc(F)cc2)sc2c1CCCC2. The Morgan fingerprint density at radius 1 is 1.27 bits per heavy atom. The number of hydrogen-bond acceptors (Lipinski definition) is 4. The second-order valence-corrected chi connectivity index (χ2v) is 6.28. The number of aliphatic imine (C=N–C) groups is 1. The van der Waals surface area contributed by atoms with Gasteiger partial charge in [-0.15, -0.1) is 11.3 Å². The fourth-order valence-corrected chi connectivity index (χ4v) is 3.86. The normalized spacial score (nSPS) is 14.1. The van der Waals surface area contributed by atoms with Gasteiger partial charge in [-0.25, -0.2) is 14.2 Å². The summed E-state index contributed by atoms with van der Waals surface area (Å²) in [5, 5.41) is 0.683. The molecule has 0 saturated heterocycles. The number of rotatable bonds is 3. The molecule has 1 aromatic carbocycles. The van der Waals surface area contributed by atoms with Crippen LogP contribution in [0.2, 0.25) is 0 Å². The molecule has 0 aliphatic heterocycles. The van der Waals surface area contributed by atoms with Crippen molar-refractivity contribution in [3.8, 4) is 0 Å². The zero-order chi connectivity index (χ0) is 15.5. The van der Waals surface area contributed by atoms with Crippen molar-refractivity contribution >= 4 is 28.5 Å². The Kier molecular flexibility index (Phi) is 4.34. The van der Waals surface area contributed by atoms with Gasteiger partial charge in [0, 0.05) is 11.1 Å². The van der Waals surface area contributed by atoms with Crippen LogP contribution in [0.5, 0.6) is 0 Å². The van der Waals surface area contributed by atoms with Crippen molar-refractivity contribution in [1.29, 1.82) is 0 Å². The summed E-state index contributed by atoms with van der Waals surface area (Å²) in [4.78, 5) is 17.8. The minimum atomic E-state index is -0.328. The summed E-state index contributed by atoms with van der Waals surface area (Å²) in [7, 11) is 1.39. The maximum atomic E-state index is 12.9. The van der Waals surface area contributed by atoms with E-state index in [0.29, 0.717) is 10.6 Å². The molecule has 0 saturated carbocycles. The number of halogens is 1. The predicted octanol–water partition coefficient (Wildman–Crippen LogP) is 4.30. The van der Waals surface area contributed by atoms with Crippen LogP contribution in [0.3, 0.4) is 0 Å². The number of hydrogen-bond donors (Lipinski definition) is 0. The van der Waals surface area contributed by atoms with Gasteiger partial charge in [0.1, 0.15) is 10.8 Å². The summed E-state index contributed by atoms with van der Waals surface area (Å²) in [6.45, 7) is 0. The molecule has 0 amide bonds. The molecular weight excluding hydrogens is 301 g/mol. The molecule has 2 aromatic rings. The van der Waals surface area contributed by atoms with Gasteiger partial charge in [-0.2, -0.15) is 0 Å². The van der Waals surface area contributed by atoms with Gasteiger partial charge in [0.25, 0.3) is 0 Å². The van der Waals surface area contributed by atoms with Crippen LogP contribution in [0.1, 0.15) is 39.2 Å². The van der Waals surface area contributed by atoms with Crippen molar-refractivity contribution in [1.82, 2.24) is 0 Å². The topological polar surface area (TPSA) is 38.7 Å². The Balaban J connectivity index is 1.97. The lowest BCUT2D eigenvalue weighted by molar-refractivity contribution is 0.0601. The second-order valence-electron chi connectivity index (χ2n) is 5.19. The van der Waals surface area contributed by atoms with Gasteiger partial charge in [-0.1, -0.05) is 12.1 Å². The zero-order valence-electron chi connectivity index (χ0n) is 12.3. The Hall–Kier alpha value is -2.01. The molecule has 1 heterocycles. The van der Waals surface area contributed by atoms with Crippen LogP contribution in [-0.4, -0.2) is 19.3 Å². The summed E-state index contributed by atoms with van der Waals surface area (Å²) in [6.07, 6.45) is 5.80. The first kappa shape index (κ1) is 14.9. The first-order valence-corrected chi connectivity index (χ1v) is 8.03. The van der Waals surface area contributed by atoms with Gasteiger partial charge in [0.05, 0.1) is 12.7 Å². The van der Waals surface area contributed by atoms with Crippen molar-refractivity contribution in [3.63, 3.8) is 0 Å². The van der Waals surface area contributed by atoms with Gasteiger partial charge >= 0.3 is 5.97 Å². The number of ether oxygens (including phenoxy) is 1.